The molecule has 0 amide bonds. The van der Waals surface area contributed by atoms with Gasteiger partial charge in [0.15, 0.2) is 5.76 Å². The molecule has 0 saturated carbocycles. The van der Waals surface area contributed by atoms with Gasteiger partial charge in [0.05, 0.1) is 11.1 Å². The van der Waals surface area contributed by atoms with E-state index >= 15 is 0 Å². The molecule has 0 bridgehead atoms. The maximum Gasteiger partial charge on any atom is 0.346 e. The molecule has 5 rings (SSSR count). The Labute approximate surface area is 177 Å². The summed E-state index contributed by atoms with van der Waals surface area (Å²) in [6.07, 6.45) is 3.58. The minimum absolute atomic E-state index is 0.148. The Kier molecular flexibility index (Phi) is 4.59. The first-order valence-corrected chi connectivity index (χ1v) is 9.56. The van der Waals surface area contributed by atoms with E-state index in [1.807, 2.05) is 30.3 Å². The maximum atomic E-state index is 13.8. The third-order valence-corrected chi connectivity index (χ3v) is 4.92. The summed E-state index contributed by atoms with van der Waals surface area (Å²) in [6.45, 7) is 0.318. The summed E-state index contributed by atoms with van der Waals surface area (Å²) in [5.41, 5.74) is 1.90. The zero-order valence-electron chi connectivity index (χ0n) is 16.1. The molecule has 3 aromatic carbocycles. The number of rotatable bonds is 3. The Morgan fingerprint density at radius 1 is 1.00 bits per heavy atom. The van der Waals surface area contributed by atoms with Crippen LogP contribution in [0.2, 0.25) is 0 Å². The number of para-hydroxylation sites is 1. The molecule has 0 saturated heterocycles. The van der Waals surface area contributed by atoms with E-state index < -0.39 is 11.8 Å². The molecule has 31 heavy (non-hydrogen) atoms. The normalized spacial score (nSPS) is 15.5. The lowest BCUT2D eigenvalue weighted by Gasteiger charge is -2.15. The number of ether oxygens (including phenoxy) is 3. The quantitative estimate of drug-likeness (QED) is 0.344. The van der Waals surface area contributed by atoms with E-state index in [9.17, 15) is 14.0 Å². The second-order valence-corrected chi connectivity index (χ2v) is 7.01. The van der Waals surface area contributed by atoms with Crippen LogP contribution < -0.4 is 14.2 Å². The van der Waals surface area contributed by atoms with Crippen LogP contribution in [0.3, 0.4) is 0 Å². The number of benzene rings is 3. The fourth-order valence-electron chi connectivity index (χ4n) is 3.40. The molecule has 2 aliphatic heterocycles. The monoisotopic (exact) mass is 414 g/mol. The maximum absolute atomic E-state index is 13.8. The van der Waals surface area contributed by atoms with E-state index in [2.05, 4.69) is 0 Å². The van der Waals surface area contributed by atoms with Gasteiger partial charge in [-0.15, -0.1) is 0 Å². The van der Waals surface area contributed by atoms with Crippen molar-refractivity contribution in [1.29, 1.82) is 0 Å². The Bertz CT molecular complexity index is 1290. The van der Waals surface area contributed by atoms with Gasteiger partial charge in [-0.3, -0.25) is 4.79 Å². The van der Waals surface area contributed by atoms with Crippen LogP contribution in [0.1, 0.15) is 26.3 Å². The lowest BCUT2D eigenvalue weighted by Crippen LogP contribution is -2.10. The first-order chi connectivity index (χ1) is 15.1. The number of carbonyl (C=O) groups excluding carboxylic acids is 2. The van der Waals surface area contributed by atoms with Gasteiger partial charge in [0.2, 0.25) is 5.78 Å². The summed E-state index contributed by atoms with van der Waals surface area (Å²) in [5.74, 6) is -0.421. The summed E-state index contributed by atoms with van der Waals surface area (Å²) in [4.78, 5) is 24.9. The summed E-state index contributed by atoms with van der Waals surface area (Å²) < 4.78 is 30.4. The summed E-state index contributed by atoms with van der Waals surface area (Å²) in [5, 5.41) is 0. The van der Waals surface area contributed by atoms with Crippen molar-refractivity contribution >= 4 is 17.8 Å². The Morgan fingerprint density at radius 2 is 1.81 bits per heavy atom. The first-order valence-electron chi connectivity index (χ1n) is 9.56. The standard InChI is InChI=1S/C25H15FO5/c26-20-7-3-2-6-18(20)25(28)30-17-9-10-19-22(13-17)31-23(24(19)27)12-15-11-16-5-1-4-8-21(16)29-14-15/h1-13H,14H2/b23-12-. The predicted octanol–water partition coefficient (Wildman–Crippen LogP) is 4.98. The molecule has 0 radical (unpaired) electrons. The molecule has 0 aliphatic carbocycles. The zero-order chi connectivity index (χ0) is 21.4. The number of fused-ring (bicyclic) bond motifs is 2. The average Bonchev–Trinajstić information content (AvgIpc) is 3.08. The number of ketones is 1. The Balaban J connectivity index is 1.37. The van der Waals surface area contributed by atoms with Gasteiger partial charge in [-0.05, 0) is 48.1 Å². The van der Waals surface area contributed by atoms with Gasteiger partial charge in [-0.25, -0.2) is 9.18 Å². The molecule has 0 spiro atoms. The molecule has 0 N–H and O–H groups in total. The minimum Gasteiger partial charge on any atom is -0.488 e. The van der Waals surface area contributed by atoms with Crippen LogP contribution in [-0.2, 0) is 0 Å². The van der Waals surface area contributed by atoms with Gasteiger partial charge in [0, 0.05) is 11.6 Å². The molecule has 5 nitrogen and oxygen atoms in total. The highest BCUT2D eigenvalue weighted by atomic mass is 19.1. The number of hydrogen-bond acceptors (Lipinski definition) is 5. The van der Waals surface area contributed by atoms with Crippen molar-refractivity contribution < 1.29 is 28.2 Å². The van der Waals surface area contributed by atoms with Gasteiger partial charge in [0.25, 0.3) is 0 Å². The second-order valence-electron chi connectivity index (χ2n) is 7.01. The third kappa shape index (κ3) is 3.59. The van der Waals surface area contributed by atoms with Crippen molar-refractivity contribution in [2.75, 3.05) is 6.61 Å². The highest BCUT2D eigenvalue weighted by Gasteiger charge is 2.29. The van der Waals surface area contributed by atoms with Crippen LogP contribution in [0.5, 0.6) is 17.2 Å². The highest BCUT2D eigenvalue weighted by molar-refractivity contribution is 6.12. The minimum atomic E-state index is -0.832. The van der Waals surface area contributed by atoms with E-state index in [0.29, 0.717) is 12.2 Å². The van der Waals surface area contributed by atoms with E-state index in [-0.39, 0.29) is 28.6 Å². The average molecular weight is 414 g/mol. The number of allylic oxidation sites excluding steroid dienone is 1. The molecule has 0 aromatic heterocycles. The molecule has 2 aliphatic rings. The predicted molar refractivity (Wildman–Crippen MR) is 111 cm³/mol. The number of esters is 1. The van der Waals surface area contributed by atoms with Crippen LogP contribution in [-0.4, -0.2) is 18.4 Å². The second kappa shape index (κ2) is 7.57. The van der Waals surface area contributed by atoms with Crippen molar-refractivity contribution in [3.63, 3.8) is 0 Å². The molecule has 152 valence electrons. The van der Waals surface area contributed by atoms with E-state index in [1.54, 1.807) is 12.1 Å². The van der Waals surface area contributed by atoms with Gasteiger partial charge in [0.1, 0.15) is 29.7 Å². The number of halogens is 1. The van der Waals surface area contributed by atoms with Crippen LogP contribution in [0.4, 0.5) is 4.39 Å². The van der Waals surface area contributed by atoms with Gasteiger partial charge >= 0.3 is 5.97 Å². The lowest BCUT2D eigenvalue weighted by atomic mass is 10.1. The van der Waals surface area contributed by atoms with Crippen LogP contribution in [0.25, 0.3) is 6.08 Å². The fourth-order valence-corrected chi connectivity index (χ4v) is 3.40. The molecule has 0 unspecified atom stereocenters. The van der Waals surface area contributed by atoms with Crippen molar-refractivity contribution in [1.82, 2.24) is 0 Å². The topological polar surface area (TPSA) is 61.8 Å². The molecule has 0 fully saturated rings. The van der Waals surface area contributed by atoms with E-state index in [0.717, 1.165) is 16.9 Å². The lowest BCUT2D eigenvalue weighted by molar-refractivity contribution is 0.0729. The Morgan fingerprint density at radius 3 is 2.68 bits per heavy atom. The van der Waals surface area contributed by atoms with Crippen molar-refractivity contribution in [3.05, 3.63) is 107 Å². The summed E-state index contributed by atoms with van der Waals surface area (Å²) in [6, 6.07) is 17.6. The first kappa shape index (κ1) is 18.8. The highest BCUT2D eigenvalue weighted by Crippen LogP contribution is 2.35. The van der Waals surface area contributed by atoms with E-state index in [4.69, 9.17) is 14.2 Å². The third-order valence-electron chi connectivity index (χ3n) is 4.92. The Hall–Kier alpha value is -4.19. The number of carbonyl (C=O) groups is 2. The molecule has 3 aromatic rings. The molecule has 6 heteroatoms. The molecule has 2 heterocycles. The van der Waals surface area contributed by atoms with Crippen molar-refractivity contribution in [2.24, 2.45) is 0 Å². The van der Waals surface area contributed by atoms with Gasteiger partial charge in [-0.1, -0.05) is 30.3 Å². The largest absolute Gasteiger partial charge is 0.488 e. The van der Waals surface area contributed by atoms with Crippen molar-refractivity contribution in [3.8, 4) is 17.2 Å². The van der Waals surface area contributed by atoms with E-state index in [1.165, 1.54) is 36.4 Å². The molecular formula is C25H15FO5. The summed E-state index contributed by atoms with van der Waals surface area (Å²) in [7, 11) is 0. The van der Waals surface area contributed by atoms with Crippen LogP contribution in [0, 0.1) is 5.82 Å². The zero-order valence-corrected chi connectivity index (χ0v) is 16.1. The number of Topliss-reactive ketones (excluding diaryl/α,β-unsaturated/α-hetero) is 1. The number of hydrogen-bond donors (Lipinski definition) is 0. The molecular weight excluding hydrogens is 399 g/mol. The van der Waals surface area contributed by atoms with Crippen molar-refractivity contribution in [2.45, 2.75) is 0 Å². The smallest absolute Gasteiger partial charge is 0.346 e. The van der Waals surface area contributed by atoms with Gasteiger partial charge in [-0.2, -0.15) is 0 Å². The SMILES string of the molecule is O=C(Oc1ccc2c(c1)O/C(=C\C1=Cc3ccccc3OC1)C2=O)c1ccccc1F. The van der Waals surface area contributed by atoms with Gasteiger partial charge < -0.3 is 14.2 Å². The fraction of sp³-hybridized carbons (Fsp3) is 0.0400. The van der Waals surface area contributed by atoms with Crippen LogP contribution in [0.15, 0.2) is 84.1 Å². The molecule has 0 atom stereocenters. The van der Waals surface area contributed by atoms with Crippen LogP contribution >= 0.6 is 0 Å². The summed E-state index contributed by atoms with van der Waals surface area (Å²) >= 11 is 0.